The Hall–Kier alpha value is -3.72. The number of H-pyrrole nitrogens is 1. The quantitative estimate of drug-likeness (QED) is 0.495. The molecule has 2 heterocycles. The lowest BCUT2D eigenvalue weighted by Crippen LogP contribution is -2.37. The first kappa shape index (κ1) is 22.5. The zero-order valence-electron chi connectivity index (χ0n) is 18.3. The van der Waals surface area contributed by atoms with Crippen LogP contribution in [0.25, 0.3) is 11.3 Å². The van der Waals surface area contributed by atoms with Crippen molar-refractivity contribution in [3.63, 3.8) is 0 Å². The second kappa shape index (κ2) is 9.83. The van der Waals surface area contributed by atoms with Crippen LogP contribution in [0.15, 0.2) is 48.7 Å². The molecular formula is C24H26FN5O3. The number of methoxy groups -OCH3 is 1. The van der Waals surface area contributed by atoms with E-state index in [1.54, 1.807) is 36.4 Å². The summed E-state index contributed by atoms with van der Waals surface area (Å²) in [5.41, 5.74) is 8.16. The highest BCUT2D eigenvalue weighted by Crippen LogP contribution is 2.32. The molecule has 172 valence electrons. The first-order valence-electron chi connectivity index (χ1n) is 10.8. The van der Waals surface area contributed by atoms with Gasteiger partial charge in [-0.3, -0.25) is 4.79 Å². The van der Waals surface area contributed by atoms with E-state index in [4.69, 9.17) is 10.5 Å². The summed E-state index contributed by atoms with van der Waals surface area (Å²) in [6.45, 7) is 1.97. The number of nitrogens with zero attached hydrogens (tertiary/aromatic N) is 2. The SMILES string of the molecule is COC(=O)c1cccc(-c2cnc(C(=O)Nc3cccc(F)c3N3CCC(CN)CC3)[nH]2)c1. The van der Waals surface area contributed by atoms with Crippen molar-refractivity contribution in [2.75, 3.05) is 37.0 Å². The lowest BCUT2D eigenvalue weighted by atomic mass is 9.96. The molecule has 1 aromatic heterocycles. The van der Waals surface area contributed by atoms with Gasteiger partial charge in [-0.05, 0) is 49.6 Å². The number of aromatic amines is 1. The number of nitrogens with two attached hydrogens (primary N) is 1. The number of nitrogens with one attached hydrogen (secondary N) is 2. The van der Waals surface area contributed by atoms with Crippen LogP contribution < -0.4 is 16.0 Å². The van der Waals surface area contributed by atoms with Crippen LogP contribution in [-0.2, 0) is 4.74 Å². The van der Waals surface area contributed by atoms with Crippen LogP contribution in [-0.4, -0.2) is 48.6 Å². The van der Waals surface area contributed by atoms with Crippen molar-refractivity contribution in [2.45, 2.75) is 12.8 Å². The monoisotopic (exact) mass is 451 g/mol. The first-order valence-corrected chi connectivity index (χ1v) is 10.8. The van der Waals surface area contributed by atoms with Crippen LogP contribution in [0.5, 0.6) is 0 Å². The van der Waals surface area contributed by atoms with E-state index in [1.807, 2.05) is 4.90 Å². The Morgan fingerprint density at radius 2 is 2.00 bits per heavy atom. The van der Waals surface area contributed by atoms with E-state index in [0.717, 1.165) is 12.8 Å². The summed E-state index contributed by atoms with van der Waals surface area (Å²) in [6.07, 6.45) is 3.27. The lowest BCUT2D eigenvalue weighted by Gasteiger charge is -2.34. The number of anilines is 2. The standard InChI is InChI=1S/C24H26FN5O3/c1-33-24(32)17-5-2-4-16(12-17)20-14-27-22(28-20)23(31)29-19-7-3-6-18(25)21(19)30-10-8-15(13-26)9-11-30/h2-7,12,14-15H,8-11,13,26H2,1H3,(H,27,28)(H,29,31). The maximum Gasteiger partial charge on any atom is 0.337 e. The van der Waals surface area contributed by atoms with E-state index in [9.17, 15) is 14.0 Å². The third-order valence-electron chi connectivity index (χ3n) is 5.88. The van der Waals surface area contributed by atoms with Crippen LogP contribution in [0, 0.1) is 11.7 Å². The topological polar surface area (TPSA) is 113 Å². The lowest BCUT2D eigenvalue weighted by molar-refractivity contribution is 0.0600. The number of carbonyl (C=O) groups excluding carboxylic acids is 2. The van der Waals surface area contributed by atoms with Gasteiger partial charge in [0.25, 0.3) is 5.91 Å². The molecule has 1 amide bonds. The molecular weight excluding hydrogens is 425 g/mol. The van der Waals surface area contributed by atoms with Gasteiger partial charge in [-0.1, -0.05) is 18.2 Å². The Balaban J connectivity index is 1.53. The number of hydrogen-bond donors (Lipinski definition) is 3. The number of hydrogen-bond acceptors (Lipinski definition) is 6. The van der Waals surface area contributed by atoms with Gasteiger partial charge in [-0.2, -0.15) is 0 Å². The van der Waals surface area contributed by atoms with Crippen molar-refractivity contribution >= 4 is 23.3 Å². The largest absolute Gasteiger partial charge is 0.465 e. The molecule has 33 heavy (non-hydrogen) atoms. The second-order valence-corrected chi connectivity index (χ2v) is 7.97. The average molecular weight is 452 g/mol. The van der Waals surface area contributed by atoms with E-state index < -0.39 is 17.7 Å². The number of esters is 1. The molecule has 0 unspecified atom stereocenters. The summed E-state index contributed by atoms with van der Waals surface area (Å²) < 4.78 is 19.5. The normalized spacial score (nSPS) is 14.2. The minimum atomic E-state index is -0.492. The summed E-state index contributed by atoms with van der Waals surface area (Å²) in [5.74, 6) is -0.827. The van der Waals surface area contributed by atoms with Crippen LogP contribution in [0.3, 0.4) is 0 Å². The second-order valence-electron chi connectivity index (χ2n) is 7.97. The average Bonchev–Trinajstić information content (AvgIpc) is 3.35. The highest BCUT2D eigenvalue weighted by Gasteiger charge is 2.24. The molecule has 4 rings (SSSR count). The minimum Gasteiger partial charge on any atom is -0.465 e. The summed E-state index contributed by atoms with van der Waals surface area (Å²) in [5, 5.41) is 2.78. The Labute approximate surface area is 191 Å². The van der Waals surface area contributed by atoms with Crippen LogP contribution in [0.4, 0.5) is 15.8 Å². The van der Waals surface area contributed by atoms with E-state index in [-0.39, 0.29) is 5.82 Å². The Kier molecular flexibility index (Phi) is 6.69. The van der Waals surface area contributed by atoms with Crippen molar-refractivity contribution in [1.82, 2.24) is 9.97 Å². The fourth-order valence-corrected chi connectivity index (χ4v) is 4.03. The van der Waals surface area contributed by atoms with Gasteiger partial charge in [0, 0.05) is 18.7 Å². The number of carbonyl (C=O) groups is 2. The molecule has 1 saturated heterocycles. The van der Waals surface area contributed by atoms with Crippen LogP contribution in [0.2, 0.25) is 0 Å². The zero-order valence-corrected chi connectivity index (χ0v) is 18.3. The molecule has 2 aromatic carbocycles. The molecule has 8 nitrogen and oxygen atoms in total. The molecule has 1 fully saturated rings. The predicted molar refractivity (Wildman–Crippen MR) is 124 cm³/mol. The van der Waals surface area contributed by atoms with Gasteiger partial charge < -0.3 is 25.7 Å². The molecule has 0 saturated carbocycles. The molecule has 4 N–H and O–H groups in total. The minimum absolute atomic E-state index is 0.0746. The van der Waals surface area contributed by atoms with Gasteiger partial charge in [-0.15, -0.1) is 0 Å². The Morgan fingerprint density at radius 3 is 2.73 bits per heavy atom. The molecule has 1 aliphatic heterocycles. The number of aromatic nitrogens is 2. The van der Waals surface area contributed by atoms with E-state index in [1.165, 1.54) is 19.4 Å². The molecule has 0 atom stereocenters. The van der Waals surface area contributed by atoms with Crippen molar-refractivity contribution in [1.29, 1.82) is 0 Å². The fraction of sp³-hybridized carbons (Fsp3) is 0.292. The predicted octanol–water partition coefficient (Wildman–Crippen LogP) is 3.43. The summed E-state index contributed by atoms with van der Waals surface area (Å²) >= 11 is 0. The smallest absolute Gasteiger partial charge is 0.337 e. The number of ether oxygens (including phenoxy) is 1. The van der Waals surface area contributed by atoms with Gasteiger partial charge in [0.2, 0.25) is 0 Å². The summed E-state index contributed by atoms with van der Waals surface area (Å²) in [7, 11) is 1.31. The van der Waals surface area contributed by atoms with Crippen molar-refractivity contribution in [3.05, 3.63) is 65.9 Å². The number of para-hydroxylation sites is 1. The summed E-state index contributed by atoms with van der Waals surface area (Å²) in [4.78, 5) is 33.7. The molecule has 0 spiro atoms. The first-order chi connectivity index (χ1) is 16.0. The van der Waals surface area contributed by atoms with E-state index >= 15 is 0 Å². The fourth-order valence-electron chi connectivity index (χ4n) is 4.03. The number of benzene rings is 2. The number of imidazole rings is 1. The van der Waals surface area contributed by atoms with Gasteiger partial charge in [0.15, 0.2) is 5.82 Å². The van der Waals surface area contributed by atoms with Crippen molar-refractivity contribution in [2.24, 2.45) is 11.7 Å². The molecule has 9 heteroatoms. The van der Waals surface area contributed by atoms with Gasteiger partial charge in [0.05, 0.1) is 35.9 Å². The number of halogens is 1. The van der Waals surface area contributed by atoms with Crippen molar-refractivity contribution in [3.8, 4) is 11.3 Å². The van der Waals surface area contributed by atoms with Gasteiger partial charge >= 0.3 is 5.97 Å². The molecule has 0 aliphatic carbocycles. The molecule has 1 aliphatic rings. The van der Waals surface area contributed by atoms with Crippen molar-refractivity contribution < 1.29 is 18.7 Å². The molecule has 3 aromatic rings. The molecule has 0 radical (unpaired) electrons. The molecule has 0 bridgehead atoms. The van der Waals surface area contributed by atoms with E-state index in [0.29, 0.717) is 53.7 Å². The third kappa shape index (κ3) is 4.88. The van der Waals surface area contributed by atoms with Crippen LogP contribution in [0.1, 0.15) is 33.8 Å². The Morgan fingerprint density at radius 1 is 1.24 bits per heavy atom. The highest BCUT2D eigenvalue weighted by molar-refractivity contribution is 6.04. The third-order valence-corrected chi connectivity index (χ3v) is 5.88. The highest BCUT2D eigenvalue weighted by atomic mass is 19.1. The number of rotatable bonds is 6. The number of piperidine rings is 1. The Bertz CT molecular complexity index is 1150. The maximum atomic E-state index is 14.7. The van der Waals surface area contributed by atoms with E-state index in [2.05, 4.69) is 15.3 Å². The van der Waals surface area contributed by atoms with Gasteiger partial charge in [-0.25, -0.2) is 14.2 Å². The summed E-state index contributed by atoms with van der Waals surface area (Å²) in [6, 6.07) is 11.4. The maximum absolute atomic E-state index is 14.7. The van der Waals surface area contributed by atoms with Crippen LogP contribution >= 0.6 is 0 Å². The zero-order chi connectivity index (χ0) is 23.4. The number of amides is 1. The van der Waals surface area contributed by atoms with Gasteiger partial charge in [0.1, 0.15) is 5.82 Å².